The van der Waals surface area contributed by atoms with Gasteiger partial charge in [0.05, 0.1) is 12.1 Å². The molecule has 0 amide bonds. The Bertz CT molecular complexity index is 1590. The zero-order valence-electron chi connectivity index (χ0n) is 23.2. The topological polar surface area (TPSA) is 54.8 Å². The van der Waals surface area contributed by atoms with Gasteiger partial charge in [0.1, 0.15) is 12.2 Å². The largest absolute Gasteiger partial charge is 0.475 e. The Morgan fingerprint density at radius 2 is 1.62 bits per heavy atom. The Hall–Kier alpha value is -3.29. The van der Waals surface area contributed by atoms with Gasteiger partial charge in [-0.25, -0.2) is 4.98 Å². The maximum absolute atomic E-state index is 13.2. The number of hydrogen-bond donors (Lipinski definition) is 1. The van der Waals surface area contributed by atoms with Gasteiger partial charge in [0.2, 0.25) is 5.88 Å². The molecule has 1 N–H and O–H groups in total. The van der Waals surface area contributed by atoms with E-state index in [0.29, 0.717) is 32.1 Å². The van der Waals surface area contributed by atoms with Crippen molar-refractivity contribution in [2.24, 2.45) is 0 Å². The Morgan fingerprint density at radius 1 is 0.875 bits per heavy atom. The number of pyridine rings is 1. The molecule has 5 rings (SSSR count). The number of rotatable bonds is 11. The minimum atomic E-state index is -1.28. The molecule has 5 aromatic rings. The second-order valence-corrected chi connectivity index (χ2v) is 11.3. The molecule has 0 unspecified atom stereocenters. The van der Waals surface area contributed by atoms with E-state index in [9.17, 15) is 5.11 Å². The SMILES string of the molecule is COCCOc1nc2ccc(Br)cc2cc1[C@@H](c1ccccc1)[C@@](O)(CCN(C)C)c1cccc2ccccc12. The van der Waals surface area contributed by atoms with E-state index < -0.39 is 11.5 Å². The van der Waals surface area contributed by atoms with Crippen molar-refractivity contribution in [1.82, 2.24) is 9.88 Å². The summed E-state index contributed by atoms with van der Waals surface area (Å²) in [5.41, 5.74) is 2.26. The second kappa shape index (κ2) is 12.5. The average Bonchev–Trinajstić information content (AvgIpc) is 2.97. The number of hydrogen-bond acceptors (Lipinski definition) is 5. The van der Waals surface area contributed by atoms with Gasteiger partial charge in [-0.05, 0) is 66.7 Å². The molecule has 0 bridgehead atoms. The molecule has 0 aliphatic heterocycles. The van der Waals surface area contributed by atoms with E-state index in [-0.39, 0.29) is 0 Å². The lowest BCUT2D eigenvalue weighted by atomic mass is 9.70. The average molecular weight is 600 g/mol. The van der Waals surface area contributed by atoms with Crippen LogP contribution >= 0.6 is 15.9 Å². The molecule has 0 aliphatic rings. The highest BCUT2D eigenvalue weighted by atomic mass is 79.9. The van der Waals surface area contributed by atoms with Gasteiger partial charge in [-0.1, -0.05) is 88.7 Å². The van der Waals surface area contributed by atoms with Gasteiger partial charge in [-0.3, -0.25) is 0 Å². The quantitative estimate of drug-likeness (QED) is 0.164. The Labute approximate surface area is 244 Å². The lowest BCUT2D eigenvalue weighted by Crippen LogP contribution is -2.38. The first-order chi connectivity index (χ1) is 19.4. The Balaban J connectivity index is 1.82. The predicted molar refractivity (Wildman–Crippen MR) is 166 cm³/mol. The molecule has 206 valence electrons. The molecule has 0 radical (unpaired) electrons. The van der Waals surface area contributed by atoms with Crippen molar-refractivity contribution in [2.45, 2.75) is 17.9 Å². The van der Waals surface area contributed by atoms with Crippen LogP contribution in [0.25, 0.3) is 21.7 Å². The fourth-order valence-corrected chi connectivity index (χ4v) is 5.86. The summed E-state index contributed by atoms with van der Waals surface area (Å²) >= 11 is 3.62. The first-order valence-corrected chi connectivity index (χ1v) is 14.3. The zero-order chi connectivity index (χ0) is 28.1. The standard InChI is InChI=1S/C34H35BrN2O3/c1-37(2)19-18-34(38,30-15-9-13-24-10-7-8-14-28(24)30)32(25-11-5-4-6-12-25)29-23-26-22-27(35)16-17-31(26)36-33(29)40-21-20-39-3/h4-17,22-23,32,38H,18-21H2,1-3H3/t32-,34-/m1/s1. The molecule has 1 aromatic heterocycles. The van der Waals surface area contributed by atoms with Crippen LogP contribution in [0.5, 0.6) is 5.88 Å². The van der Waals surface area contributed by atoms with Gasteiger partial charge < -0.3 is 19.5 Å². The lowest BCUT2D eigenvalue weighted by molar-refractivity contribution is 0.00489. The molecule has 6 heteroatoms. The number of aliphatic hydroxyl groups is 1. The smallest absolute Gasteiger partial charge is 0.217 e. The number of nitrogens with zero attached hydrogens (tertiary/aromatic N) is 2. The zero-order valence-corrected chi connectivity index (χ0v) is 24.8. The summed E-state index contributed by atoms with van der Waals surface area (Å²) in [6.45, 7) is 1.48. The number of fused-ring (bicyclic) bond motifs is 2. The monoisotopic (exact) mass is 598 g/mol. The van der Waals surface area contributed by atoms with E-state index in [1.165, 1.54) is 0 Å². The molecular formula is C34H35BrN2O3. The van der Waals surface area contributed by atoms with Crippen molar-refractivity contribution in [3.63, 3.8) is 0 Å². The summed E-state index contributed by atoms with van der Waals surface area (Å²) in [5, 5.41) is 16.3. The highest BCUT2D eigenvalue weighted by Crippen LogP contribution is 2.49. The molecule has 0 fully saturated rings. The van der Waals surface area contributed by atoms with Gasteiger partial charge in [-0.15, -0.1) is 0 Å². The van der Waals surface area contributed by atoms with Crippen LogP contribution in [0.15, 0.2) is 102 Å². The van der Waals surface area contributed by atoms with E-state index in [1.54, 1.807) is 7.11 Å². The van der Waals surface area contributed by atoms with Crippen LogP contribution in [0.4, 0.5) is 0 Å². The van der Waals surface area contributed by atoms with E-state index >= 15 is 0 Å². The van der Waals surface area contributed by atoms with Crippen LogP contribution in [0.1, 0.15) is 29.0 Å². The van der Waals surface area contributed by atoms with Gasteiger partial charge >= 0.3 is 0 Å². The van der Waals surface area contributed by atoms with Crippen LogP contribution in [0.3, 0.4) is 0 Å². The summed E-state index contributed by atoms with van der Waals surface area (Å²) in [5.74, 6) is 0.0390. The molecule has 2 atom stereocenters. The number of halogens is 1. The second-order valence-electron chi connectivity index (χ2n) is 10.4. The number of aromatic nitrogens is 1. The third kappa shape index (κ3) is 5.91. The maximum Gasteiger partial charge on any atom is 0.217 e. The normalized spacial score (nSPS) is 13.9. The van der Waals surface area contributed by atoms with Crippen molar-refractivity contribution in [3.8, 4) is 5.88 Å². The number of ether oxygens (including phenoxy) is 2. The molecule has 0 aliphatic carbocycles. The van der Waals surface area contributed by atoms with Crippen molar-refractivity contribution in [2.75, 3.05) is 41.0 Å². The summed E-state index contributed by atoms with van der Waals surface area (Å²) in [6.07, 6.45) is 0.502. The van der Waals surface area contributed by atoms with Crippen LogP contribution in [-0.2, 0) is 10.3 Å². The molecule has 0 saturated heterocycles. The van der Waals surface area contributed by atoms with E-state index in [2.05, 4.69) is 69.4 Å². The van der Waals surface area contributed by atoms with Crippen molar-refractivity contribution >= 4 is 37.6 Å². The first kappa shape index (κ1) is 28.2. The summed E-state index contributed by atoms with van der Waals surface area (Å²) in [6, 6.07) is 32.8. The van der Waals surface area contributed by atoms with Gasteiger partial charge in [-0.2, -0.15) is 0 Å². The van der Waals surface area contributed by atoms with Gasteiger partial charge in [0.15, 0.2) is 0 Å². The molecule has 0 spiro atoms. The van der Waals surface area contributed by atoms with E-state index in [0.717, 1.165) is 42.8 Å². The van der Waals surface area contributed by atoms with Crippen LogP contribution < -0.4 is 4.74 Å². The van der Waals surface area contributed by atoms with Crippen molar-refractivity contribution in [3.05, 3.63) is 118 Å². The number of methoxy groups -OCH3 is 1. The summed E-state index contributed by atoms with van der Waals surface area (Å²) in [4.78, 5) is 7.09. The van der Waals surface area contributed by atoms with Crippen LogP contribution in [0, 0.1) is 0 Å². The Kier molecular flexibility index (Phi) is 8.81. The third-order valence-electron chi connectivity index (χ3n) is 7.41. The van der Waals surface area contributed by atoms with Gasteiger partial charge in [0, 0.05) is 35.0 Å². The summed E-state index contributed by atoms with van der Waals surface area (Å²) in [7, 11) is 5.73. The minimum absolute atomic E-state index is 0.352. The predicted octanol–water partition coefficient (Wildman–Crippen LogP) is 7.15. The summed E-state index contributed by atoms with van der Waals surface area (Å²) < 4.78 is 12.5. The van der Waals surface area contributed by atoms with Crippen LogP contribution in [-0.4, -0.2) is 56.0 Å². The fraction of sp³-hybridized carbons (Fsp3) is 0.265. The molecule has 4 aromatic carbocycles. The van der Waals surface area contributed by atoms with Gasteiger partial charge in [0.25, 0.3) is 0 Å². The fourth-order valence-electron chi connectivity index (χ4n) is 5.48. The highest BCUT2D eigenvalue weighted by Gasteiger charge is 2.43. The van der Waals surface area contributed by atoms with Crippen molar-refractivity contribution < 1.29 is 14.6 Å². The number of benzene rings is 4. The Morgan fingerprint density at radius 3 is 2.40 bits per heavy atom. The first-order valence-electron chi connectivity index (χ1n) is 13.5. The molecular weight excluding hydrogens is 564 g/mol. The van der Waals surface area contributed by atoms with Crippen molar-refractivity contribution in [1.29, 1.82) is 0 Å². The minimum Gasteiger partial charge on any atom is -0.475 e. The highest BCUT2D eigenvalue weighted by molar-refractivity contribution is 9.10. The van der Waals surface area contributed by atoms with E-state index in [4.69, 9.17) is 14.5 Å². The molecule has 1 heterocycles. The maximum atomic E-state index is 13.2. The molecule has 0 saturated carbocycles. The molecule has 40 heavy (non-hydrogen) atoms. The van der Waals surface area contributed by atoms with E-state index in [1.807, 2.05) is 62.6 Å². The lowest BCUT2D eigenvalue weighted by Gasteiger charge is -2.39. The van der Waals surface area contributed by atoms with Crippen LogP contribution in [0.2, 0.25) is 0 Å². The molecule has 5 nitrogen and oxygen atoms in total. The third-order valence-corrected chi connectivity index (χ3v) is 7.91.